The van der Waals surface area contributed by atoms with E-state index in [0.717, 1.165) is 0 Å². The number of para-hydroxylation sites is 1. The lowest BCUT2D eigenvalue weighted by atomic mass is 10.1. The Labute approximate surface area is 70.6 Å². The Morgan fingerprint density at radius 2 is 2.17 bits per heavy atom. The van der Waals surface area contributed by atoms with Crippen molar-refractivity contribution < 1.29 is 14.6 Å². The fourth-order valence-electron chi connectivity index (χ4n) is 0.984. The molecule has 0 aliphatic carbocycles. The molecule has 0 saturated carbocycles. The van der Waals surface area contributed by atoms with Gasteiger partial charge in [-0.3, -0.25) is 0 Å². The van der Waals surface area contributed by atoms with Crippen LogP contribution in [0.25, 0.3) is 0 Å². The zero-order valence-electron chi connectivity index (χ0n) is 6.73. The summed E-state index contributed by atoms with van der Waals surface area (Å²) in [6.07, 6.45) is -0.0269. The van der Waals surface area contributed by atoms with Crippen LogP contribution in [0, 0.1) is 0 Å². The van der Waals surface area contributed by atoms with Crippen LogP contribution in [0.2, 0.25) is 0 Å². The van der Waals surface area contributed by atoms with Crippen LogP contribution in [0.3, 0.4) is 0 Å². The highest BCUT2D eigenvalue weighted by molar-refractivity contribution is 5.62. The normalized spacial score (nSPS) is 12.4. The smallest absolute Gasteiger partial charge is 0.153 e. The largest absolute Gasteiger partial charge is 0.508 e. The molecule has 0 radical (unpaired) electrons. The molecule has 0 saturated heterocycles. The van der Waals surface area contributed by atoms with Gasteiger partial charge in [-0.15, -0.1) is 0 Å². The van der Waals surface area contributed by atoms with E-state index in [-0.39, 0.29) is 5.75 Å². The monoisotopic (exact) mass is 166 g/mol. The second kappa shape index (κ2) is 3.88. The number of hydrogen-bond acceptors (Lipinski definition) is 3. The summed E-state index contributed by atoms with van der Waals surface area (Å²) >= 11 is 0. The third-order valence-electron chi connectivity index (χ3n) is 1.62. The lowest BCUT2D eigenvalue weighted by Crippen LogP contribution is -2.02. The number of hydrogen-bond donors (Lipinski definition) is 1. The first-order valence-electron chi connectivity index (χ1n) is 3.55. The number of phenolic OH excluding ortho intramolecular Hbond substituents is 1. The molecular formula is C9H10O3. The van der Waals surface area contributed by atoms with Crippen molar-refractivity contribution in [3.8, 4) is 5.75 Å². The summed E-state index contributed by atoms with van der Waals surface area (Å²) in [7, 11) is 1.42. The number of ether oxygens (including phenoxy) is 1. The Kier molecular flexibility index (Phi) is 2.82. The number of carbonyl (C=O) groups is 1. The van der Waals surface area contributed by atoms with Crippen LogP contribution >= 0.6 is 0 Å². The Bertz CT molecular complexity index is 270. The molecule has 1 unspecified atom stereocenters. The van der Waals surface area contributed by atoms with Crippen molar-refractivity contribution in [2.45, 2.75) is 6.10 Å². The Balaban J connectivity index is 3.00. The number of aldehydes is 1. The van der Waals surface area contributed by atoms with Gasteiger partial charge in [0.15, 0.2) is 6.29 Å². The summed E-state index contributed by atoms with van der Waals surface area (Å²) in [5, 5.41) is 9.30. The van der Waals surface area contributed by atoms with E-state index >= 15 is 0 Å². The quantitative estimate of drug-likeness (QED) is 0.688. The fraction of sp³-hybridized carbons (Fsp3) is 0.222. The van der Waals surface area contributed by atoms with Gasteiger partial charge in [0.25, 0.3) is 0 Å². The van der Waals surface area contributed by atoms with E-state index < -0.39 is 6.10 Å². The molecule has 0 spiro atoms. The molecule has 1 aromatic carbocycles. The summed E-state index contributed by atoms with van der Waals surface area (Å²) < 4.78 is 4.84. The molecule has 0 fully saturated rings. The Hall–Kier alpha value is -1.35. The molecule has 1 atom stereocenters. The van der Waals surface area contributed by atoms with Crippen molar-refractivity contribution in [2.24, 2.45) is 0 Å². The highest BCUT2D eigenvalue weighted by Crippen LogP contribution is 2.23. The number of phenols is 1. The Morgan fingerprint density at radius 3 is 2.67 bits per heavy atom. The van der Waals surface area contributed by atoms with Crippen molar-refractivity contribution >= 4 is 6.29 Å². The van der Waals surface area contributed by atoms with Crippen LogP contribution < -0.4 is 0 Å². The van der Waals surface area contributed by atoms with E-state index in [2.05, 4.69) is 0 Å². The molecule has 64 valence electrons. The molecule has 0 heterocycles. The third kappa shape index (κ3) is 1.62. The molecule has 1 rings (SSSR count). The standard InChI is InChI=1S/C9H10O3/c1-12-9(6-10)7-4-2-3-5-8(7)11/h2-6,9,11H,1H3. The molecule has 12 heavy (non-hydrogen) atoms. The predicted molar refractivity (Wildman–Crippen MR) is 43.9 cm³/mol. The van der Waals surface area contributed by atoms with E-state index in [4.69, 9.17) is 4.74 Å². The van der Waals surface area contributed by atoms with Gasteiger partial charge in [0, 0.05) is 12.7 Å². The molecule has 0 aliphatic rings. The number of rotatable bonds is 3. The highest BCUT2D eigenvalue weighted by Gasteiger charge is 2.11. The van der Waals surface area contributed by atoms with Crippen molar-refractivity contribution in [3.05, 3.63) is 29.8 Å². The molecule has 0 bridgehead atoms. The summed E-state index contributed by atoms with van der Waals surface area (Å²) in [5.74, 6) is 0.0800. The zero-order chi connectivity index (χ0) is 8.97. The second-order valence-corrected chi connectivity index (χ2v) is 2.35. The summed E-state index contributed by atoms with van der Waals surface area (Å²) in [5.41, 5.74) is 0.495. The molecule has 1 aromatic rings. The van der Waals surface area contributed by atoms with E-state index in [1.165, 1.54) is 13.2 Å². The van der Waals surface area contributed by atoms with Gasteiger partial charge in [0.05, 0.1) is 0 Å². The van der Waals surface area contributed by atoms with Gasteiger partial charge in [-0.2, -0.15) is 0 Å². The van der Waals surface area contributed by atoms with Gasteiger partial charge >= 0.3 is 0 Å². The lowest BCUT2D eigenvalue weighted by molar-refractivity contribution is -0.116. The van der Waals surface area contributed by atoms with Crippen LogP contribution in [0.5, 0.6) is 5.75 Å². The van der Waals surface area contributed by atoms with Gasteiger partial charge < -0.3 is 14.6 Å². The first-order valence-corrected chi connectivity index (χ1v) is 3.55. The number of benzene rings is 1. The van der Waals surface area contributed by atoms with Crippen LogP contribution in [0.15, 0.2) is 24.3 Å². The minimum Gasteiger partial charge on any atom is -0.508 e. The zero-order valence-corrected chi connectivity index (χ0v) is 6.73. The van der Waals surface area contributed by atoms with E-state index in [0.29, 0.717) is 11.8 Å². The van der Waals surface area contributed by atoms with E-state index in [1.54, 1.807) is 18.2 Å². The average molecular weight is 166 g/mol. The van der Waals surface area contributed by atoms with Gasteiger partial charge in [0.2, 0.25) is 0 Å². The maximum atomic E-state index is 10.5. The summed E-state index contributed by atoms with van der Waals surface area (Å²) in [6.45, 7) is 0. The lowest BCUT2D eigenvalue weighted by Gasteiger charge is -2.09. The highest BCUT2D eigenvalue weighted by atomic mass is 16.5. The molecule has 0 aliphatic heterocycles. The van der Waals surface area contributed by atoms with Crippen LogP contribution in [-0.4, -0.2) is 18.5 Å². The summed E-state index contributed by atoms with van der Waals surface area (Å²) in [4.78, 5) is 10.5. The maximum absolute atomic E-state index is 10.5. The minimum atomic E-state index is -0.675. The number of carbonyl (C=O) groups excluding carboxylic acids is 1. The average Bonchev–Trinajstić information content (AvgIpc) is 2.10. The van der Waals surface area contributed by atoms with Crippen LogP contribution in [-0.2, 0) is 9.53 Å². The van der Waals surface area contributed by atoms with Gasteiger partial charge in [-0.1, -0.05) is 18.2 Å². The maximum Gasteiger partial charge on any atom is 0.153 e. The van der Waals surface area contributed by atoms with Crippen molar-refractivity contribution in [1.82, 2.24) is 0 Å². The first-order chi connectivity index (χ1) is 5.79. The van der Waals surface area contributed by atoms with E-state index in [1.807, 2.05) is 0 Å². The minimum absolute atomic E-state index is 0.0800. The van der Waals surface area contributed by atoms with Crippen LogP contribution in [0.1, 0.15) is 11.7 Å². The van der Waals surface area contributed by atoms with E-state index in [9.17, 15) is 9.90 Å². The second-order valence-electron chi connectivity index (χ2n) is 2.35. The predicted octanol–water partition coefficient (Wildman–Crippen LogP) is 1.28. The third-order valence-corrected chi connectivity index (χ3v) is 1.62. The topological polar surface area (TPSA) is 46.5 Å². The van der Waals surface area contributed by atoms with Crippen molar-refractivity contribution in [1.29, 1.82) is 0 Å². The summed E-state index contributed by atoms with van der Waals surface area (Å²) in [6, 6.07) is 6.60. The number of aromatic hydroxyl groups is 1. The van der Waals surface area contributed by atoms with Gasteiger partial charge in [-0.25, -0.2) is 0 Å². The molecule has 1 N–H and O–H groups in total. The Morgan fingerprint density at radius 1 is 1.50 bits per heavy atom. The first kappa shape index (κ1) is 8.74. The molecule has 3 heteroatoms. The molecule has 0 aromatic heterocycles. The molecule has 3 nitrogen and oxygen atoms in total. The van der Waals surface area contributed by atoms with Crippen molar-refractivity contribution in [2.75, 3.05) is 7.11 Å². The number of methoxy groups -OCH3 is 1. The molecule has 0 amide bonds. The van der Waals surface area contributed by atoms with Crippen molar-refractivity contribution in [3.63, 3.8) is 0 Å². The SMILES string of the molecule is COC(C=O)c1ccccc1O. The molecular weight excluding hydrogens is 156 g/mol. The van der Waals surface area contributed by atoms with Gasteiger partial charge in [0.1, 0.15) is 11.9 Å². The fourth-order valence-corrected chi connectivity index (χ4v) is 0.984. The van der Waals surface area contributed by atoms with Gasteiger partial charge in [-0.05, 0) is 6.07 Å². The van der Waals surface area contributed by atoms with Crippen LogP contribution in [0.4, 0.5) is 0 Å².